The van der Waals surface area contributed by atoms with E-state index < -0.39 is 5.60 Å². The average molecular weight is 397 g/mol. The first-order valence-corrected chi connectivity index (χ1v) is 10.7. The molecule has 5 atom stereocenters. The molecule has 1 heterocycles. The molecule has 6 nitrogen and oxygen atoms in total. The van der Waals surface area contributed by atoms with E-state index in [1.807, 2.05) is 33.8 Å². The minimum atomic E-state index is -0.536. The van der Waals surface area contributed by atoms with E-state index in [4.69, 9.17) is 9.47 Å². The Hall–Kier alpha value is -1.40. The van der Waals surface area contributed by atoms with Gasteiger partial charge >= 0.3 is 5.97 Å². The van der Waals surface area contributed by atoms with Gasteiger partial charge in [0.2, 0.25) is 5.91 Å². The Morgan fingerprint density at radius 2 is 1.93 bits per heavy atom. The number of carbonyl (C=O) groups excluding carboxylic acids is 2. The van der Waals surface area contributed by atoms with Crippen LogP contribution in [0.4, 0.5) is 0 Å². The Morgan fingerprint density at radius 1 is 1.29 bits per heavy atom. The topological polar surface area (TPSA) is 76.7 Å². The van der Waals surface area contributed by atoms with Gasteiger partial charge in [0.15, 0.2) is 0 Å². The zero-order chi connectivity index (χ0) is 21.3. The van der Waals surface area contributed by atoms with Crippen molar-refractivity contribution in [2.75, 3.05) is 7.11 Å². The van der Waals surface area contributed by atoms with Gasteiger partial charge in [-0.2, -0.15) is 0 Å². The molecule has 0 aromatic heterocycles. The highest BCUT2D eigenvalue weighted by Gasteiger charge is 2.48. The second kappa shape index (κ2) is 11.6. The molecule has 0 aliphatic carbocycles. The molecule has 162 valence electrons. The molecule has 0 saturated carbocycles. The van der Waals surface area contributed by atoms with Crippen LogP contribution in [0.5, 0.6) is 0 Å². The van der Waals surface area contributed by atoms with Gasteiger partial charge in [-0.15, -0.1) is 0 Å². The zero-order valence-electron chi connectivity index (χ0n) is 18.7. The van der Waals surface area contributed by atoms with Crippen LogP contribution in [0.2, 0.25) is 0 Å². The summed E-state index contributed by atoms with van der Waals surface area (Å²) in [6.07, 6.45) is 8.06. The van der Waals surface area contributed by atoms with Crippen molar-refractivity contribution < 1.29 is 19.1 Å². The van der Waals surface area contributed by atoms with Crippen molar-refractivity contribution in [3.8, 4) is 0 Å². The third kappa shape index (κ3) is 6.31. The van der Waals surface area contributed by atoms with Crippen molar-refractivity contribution in [2.24, 2.45) is 5.92 Å². The van der Waals surface area contributed by atoms with Crippen molar-refractivity contribution in [3.05, 3.63) is 12.2 Å². The van der Waals surface area contributed by atoms with Crippen LogP contribution in [0.1, 0.15) is 73.6 Å². The molecular formula is C22H40N2O4. The normalized spacial score (nSPS) is 25.6. The first-order valence-electron chi connectivity index (χ1n) is 10.7. The van der Waals surface area contributed by atoms with E-state index in [0.29, 0.717) is 6.42 Å². The van der Waals surface area contributed by atoms with Crippen molar-refractivity contribution in [1.82, 2.24) is 10.6 Å². The Labute approximate surface area is 170 Å². The Balaban J connectivity index is 3.12. The van der Waals surface area contributed by atoms with Crippen LogP contribution in [0.3, 0.4) is 0 Å². The number of carbonyl (C=O) groups is 2. The quantitative estimate of drug-likeness (QED) is 0.414. The van der Waals surface area contributed by atoms with Crippen molar-refractivity contribution in [1.29, 1.82) is 0 Å². The van der Waals surface area contributed by atoms with Crippen LogP contribution < -0.4 is 10.6 Å². The second-order valence-electron chi connectivity index (χ2n) is 7.99. The zero-order valence-corrected chi connectivity index (χ0v) is 18.7. The SMILES string of the molecule is C/C=C\[C@@H]1C[C@H](C(=O)OC(CC)CC)N[C@H]1[C@@H](NC(C)=O)[C@](C)(CCC)OC. The van der Waals surface area contributed by atoms with E-state index >= 15 is 0 Å². The van der Waals surface area contributed by atoms with Gasteiger partial charge in [-0.3, -0.25) is 14.9 Å². The van der Waals surface area contributed by atoms with Crippen LogP contribution in [0.25, 0.3) is 0 Å². The van der Waals surface area contributed by atoms with E-state index in [9.17, 15) is 9.59 Å². The highest BCUT2D eigenvalue weighted by Crippen LogP contribution is 2.33. The molecule has 6 heteroatoms. The largest absolute Gasteiger partial charge is 0.461 e. The molecule has 1 saturated heterocycles. The Morgan fingerprint density at radius 3 is 2.39 bits per heavy atom. The Kier molecular flexibility index (Phi) is 10.2. The van der Waals surface area contributed by atoms with E-state index in [1.54, 1.807) is 7.11 Å². The summed E-state index contributed by atoms with van der Waals surface area (Å²) in [7, 11) is 1.68. The fourth-order valence-electron chi connectivity index (χ4n) is 4.22. The fourth-order valence-corrected chi connectivity index (χ4v) is 4.22. The molecule has 0 aromatic rings. The van der Waals surface area contributed by atoms with Gasteiger partial charge < -0.3 is 14.8 Å². The van der Waals surface area contributed by atoms with Crippen LogP contribution in [-0.4, -0.2) is 48.8 Å². The molecule has 1 aliphatic heterocycles. The van der Waals surface area contributed by atoms with E-state index in [-0.39, 0.29) is 42.0 Å². The van der Waals surface area contributed by atoms with Crippen LogP contribution in [-0.2, 0) is 19.1 Å². The number of allylic oxidation sites excluding steroid dienone is 1. The van der Waals surface area contributed by atoms with E-state index in [0.717, 1.165) is 25.7 Å². The first-order chi connectivity index (χ1) is 13.3. The molecule has 0 radical (unpaired) electrons. The maximum atomic E-state index is 12.7. The van der Waals surface area contributed by atoms with Gasteiger partial charge in [0, 0.05) is 20.1 Å². The first kappa shape index (κ1) is 24.6. The minimum Gasteiger partial charge on any atom is -0.461 e. The summed E-state index contributed by atoms with van der Waals surface area (Å²) >= 11 is 0. The number of hydrogen-bond acceptors (Lipinski definition) is 5. The van der Waals surface area contributed by atoms with E-state index in [1.165, 1.54) is 6.92 Å². The predicted molar refractivity (Wildman–Crippen MR) is 112 cm³/mol. The molecule has 1 rings (SSSR count). The lowest BCUT2D eigenvalue weighted by Gasteiger charge is -2.41. The lowest BCUT2D eigenvalue weighted by molar-refractivity contribution is -0.151. The Bertz CT molecular complexity index is 533. The molecule has 0 bridgehead atoms. The van der Waals surface area contributed by atoms with Gasteiger partial charge in [-0.05, 0) is 45.4 Å². The summed E-state index contributed by atoms with van der Waals surface area (Å²) in [5.74, 6) is -0.206. The van der Waals surface area contributed by atoms with Crippen molar-refractivity contribution >= 4 is 11.9 Å². The molecule has 1 fully saturated rings. The van der Waals surface area contributed by atoms with Gasteiger partial charge in [0.05, 0.1) is 11.6 Å². The molecule has 0 unspecified atom stereocenters. The van der Waals surface area contributed by atoms with E-state index in [2.05, 4.69) is 23.6 Å². The minimum absolute atomic E-state index is 0.0519. The molecule has 2 N–H and O–H groups in total. The summed E-state index contributed by atoms with van der Waals surface area (Å²) in [5.41, 5.74) is -0.536. The molecule has 0 aromatic carbocycles. The average Bonchev–Trinajstić information content (AvgIpc) is 3.07. The van der Waals surface area contributed by atoms with Gasteiger partial charge in [0.25, 0.3) is 0 Å². The summed E-state index contributed by atoms with van der Waals surface area (Å²) in [6, 6.07) is -0.760. The summed E-state index contributed by atoms with van der Waals surface area (Å²) in [5, 5.41) is 6.56. The van der Waals surface area contributed by atoms with Gasteiger partial charge in [-0.25, -0.2) is 0 Å². The standard InChI is InChI=1S/C22H40N2O4/c1-8-12-16-14-18(21(26)28-17(10-3)11-4)24-19(16)20(23-15(5)25)22(6,27-7)13-9-2/h8,12,16-20,24H,9-11,13-14H2,1-7H3,(H,23,25)/b12-8-/t16-,18-,19-,20-,22+/m1/s1. The summed E-state index contributed by atoms with van der Waals surface area (Å²) in [6.45, 7) is 11.7. The lowest BCUT2D eigenvalue weighted by Crippen LogP contribution is -2.62. The third-order valence-electron chi connectivity index (χ3n) is 5.87. The summed E-state index contributed by atoms with van der Waals surface area (Å²) < 4.78 is 11.6. The van der Waals surface area contributed by atoms with Crippen molar-refractivity contribution in [2.45, 2.75) is 103 Å². The number of esters is 1. The van der Waals surface area contributed by atoms with Crippen molar-refractivity contribution in [3.63, 3.8) is 0 Å². The van der Waals surface area contributed by atoms with Crippen LogP contribution in [0.15, 0.2) is 12.2 Å². The third-order valence-corrected chi connectivity index (χ3v) is 5.87. The lowest BCUT2D eigenvalue weighted by atomic mass is 9.81. The summed E-state index contributed by atoms with van der Waals surface area (Å²) in [4.78, 5) is 24.7. The maximum absolute atomic E-state index is 12.7. The molecular weight excluding hydrogens is 356 g/mol. The number of hydrogen-bond donors (Lipinski definition) is 2. The second-order valence-corrected chi connectivity index (χ2v) is 7.99. The number of nitrogens with one attached hydrogen (secondary N) is 2. The predicted octanol–water partition coefficient (Wildman–Crippen LogP) is 3.35. The fraction of sp³-hybridized carbons (Fsp3) is 0.818. The van der Waals surface area contributed by atoms with Crippen LogP contribution >= 0.6 is 0 Å². The molecule has 1 amide bonds. The highest BCUT2D eigenvalue weighted by atomic mass is 16.5. The molecule has 28 heavy (non-hydrogen) atoms. The highest BCUT2D eigenvalue weighted by molar-refractivity contribution is 5.77. The smallest absolute Gasteiger partial charge is 0.323 e. The monoisotopic (exact) mass is 396 g/mol. The van der Waals surface area contributed by atoms with Crippen LogP contribution in [0, 0.1) is 5.92 Å². The maximum Gasteiger partial charge on any atom is 0.323 e. The molecule has 1 aliphatic rings. The van der Waals surface area contributed by atoms with Gasteiger partial charge in [-0.1, -0.05) is 39.3 Å². The number of methoxy groups -OCH3 is 1. The number of ether oxygens (including phenoxy) is 2. The molecule has 0 spiro atoms. The number of rotatable bonds is 11. The van der Waals surface area contributed by atoms with Gasteiger partial charge in [0.1, 0.15) is 12.1 Å². The number of amides is 1.